The van der Waals surface area contributed by atoms with Crippen molar-refractivity contribution in [1.29, 1.82) is 5.26 Å². The van der Waals surface area contributed by atoms with E-state index in [0.29, 0.717) is 12.0 Å². The lowest BCUT2D eigenvalue weighted by Crippen LogP contribution is -2.34. The molecule has 0 aliphatic rings. The van der Waals surface area contributed by atoms with Gasteiger partial charge in [0.05, 0.1) is 12.5 Å². The molecule has 0 aliphatic carbocycles. The van der Waals surface area contributed by atoms with E-state index in [1.165, 1.54) is 0 Å². The summed E-state index contributed by atoms with van der Waals surface area (Å²) >= 11 is 0. The Labute approximate surface area is 96.3 Å². The Bertz CT molecular complexity index is 403. The van der Waals surface area contributed by atoms with Crippen LogP contribution in [0.2, 0.25) is 0 Å². The Morgan fingerprint density at radius 1 is 1.44 bits per heavy atom. The summed E-state index contributed by atoms with van der Waals surface area (Å²) in [5.41, 5.74) is 1.79. The topological polar surface area (TPSA) is 44.1 Å². The van der Waals surface area contributed by atoms with Crippen molar-refractivity contribution in [3.05, 3.63) is 35.4 Å². The molecular weight excluding hydrogens is 200 g/mol. The van der Waals surface area contributed by atoms with Crippen molar-refractivity contribution >= 4 is 5.91 Å². The van der Waals surface area contributed by atoms with Crippen LogP contribution in [0.1, 0.15) is 29.3 Å². The first-order valence-corrected chi connectivity index (χ1v) is 5.27. The zero-order valence-electron chi connectivity index (χ0n) is 9.90. The molecule has 1 amide bonds. The molecule has 0 fully saturated rings. The summed E-state index contributed by atoms with van der Waals surface area (Å²) in [4.78, 5) is 13.6. The van der Waals surface area contributed by atoms with Gasteiger partial charge in [-0.2, -0.15) is 5.26 Å². The molecule has 1 unspecified atom stereocenters. The maximum atomic E-state index is 12.0. The predicted molar refractivity (Wildman–Crippen MR) is 63.0 cm³/mol. The lowest BCUT2D eigenvalue weighted by molar-refractivity contribution is 0.0746. The minimum absolute atomic E-state index is 0.0391. The van der Waals surface area contributed by atoms with Gasteiger partial charge >= 0.3 is 0 Å². The number of carbonyl (C=O) groups is 1. The maximum Gasteiger partial charge on any atom is 0.253 e. The zero-order valence-corrected chi connectivity index (χ0v) is 9.90. The van der Waals surface area contributed by atoms with Gasteiger partial charge in [-0.05, 0) is 26.0 Å². The van der Waals surface area contributed by atoms with Crippen LogP contribution in [0.4, 0.5) is 0 Å². The summed E-state index contributed by atoms with van der Waals surface area (Å²) in [6.07, 6.45) is 0.355. The highest BCUT2D eigenvalue weighted by atomic mass is 16.2. The molecule has 1 aromatic carbocycles. The van der Waals surface area contributed by atoms with Gasteiger partial charge in [-0.25, -0.2) is 0 Å². The highest BCUT2D eigenvalue weighted by Gasteiger charge is 2.16. The zero-order chi connectivity index (χ0) is 12.1. The fraction of sp³-hybridized carbons (Fsp3) is 0.385. The van der Waals surface area contributed by atoms with E-state index in [0.717, 1.165) is 5.56 Å². The molecule has 1 rings (SSSR count). The molecule has 0 saturated carbocycles. The van der Waals surface area contributed by atoms with Crippen molar-refractivity contribution in [2.75, 3.05) is 7.05 Å². The minimum Gasteiger partial charge on any atom is -0.338 e. The van der Waals surface area contributed by atoms with Crippen molar-refractivity contribution in [3.63, 3.8) is 0 Å². The largest absolute Gasteiger partial charge is 0.338 e. The summed E-state index contributed by atoms with van der Waals surface area (Å²) in [5.74, 6) is -0.0391. The van der Waals surface area contributed by atoms with Crippen LogP contribution in [0.5, 0.6) is 0 Å². The average molecular weight is 216 g/mol. The van der Waals surface area contributed by atoms with Crippen LogP contribution in [-0.2, 0) is 0 Å². The lowest BCUT2D eigenvalue weighted by Gasteiger charge is -2.22. The van der Waals surface area contributed by atoms with Crippen LogP contribution in [0.15, 0.2) is 24.3 Å². The van der Waals surface area contributed by atoms with Crippen LogP contribution in [-0.4, -0.2) is 23.9 Å². The molecular formula is C13H16N2O. The number of hydrogen-bond donors (Lipinski definition) is 0. The fourth-order valence-corrected chi connectivity index (χ4v) is 1.37. The molecule has 1 aromatic rings. The third-order valence-electron chi connectivity index (χ3n) is 2.67. The summed E-state index contributed by atoms with van der Waals surface area (Å²) in [5, 5.41) is 8.59. The van der Waals surface area contributed by atoms with Gasteiger partial charge in [0, 0.05) is 18.7 Å². The number of carbonyl (C=O) groups excluding carboxylic acids is 1. The van der Waals surface area contributed by atoms with Gasteiger partial charge in [0.15, 0.2) is 0 Å². The fourth-order valence-electron chi connectivity index (χ4n) is 1.37. The molecule has 0 bridgehead atoms. The van der Waals surface area contributed by atoms with E-state index < -0.39 is 0 Å². The third kappa shape index (κ3) is 2.83. The summed E-state index contributed by atoms with van der Waals surface area (Å²) in [7, 11) is 1.73. The van der Waals surface area contributed by atoms with Crippen molar-refractivity contribution < 1.29 is 4.79 Å². The number of rotatable bonds is 3. The Hall–Kier alpha value is -1.82. The molecule has 3 nitrogen and oxygen atoms in total. The highest BCUT2D eigenvalue weighted by molar-refractivity contribution is 5.94. The van der Waals surface area contributed by atoms with Crippen LogP contribution in [0.3, 0.4) is 0 Å². The molecule has 0 saturated heterocycles. The maximum absolute atomic E-state index is 12.0. The van der Waals surface area contributed by atoms with Gasteiger partial charge in [0.25, 0.3) is 5.91 Å². The first-order valence-electron chi connectivity index (χ1n) is 5.27. The van der Waals surface area contributed by atoms with E-state index in [4.69, 9.17) is 5.26 Å². The Morgan fingerprint density at radius 2 is 2.00 bits per heavy atom. The van der Waals surface area contributed by atoms with E-state index in [1.54, 1.807) is 11.9 Å². The number of nitrogens with zero attached hydrogens (tertiary/aromatic N) is 2. The molecule has 3 heteroatoms. The smallest absolute Gasteiger partial charge is 0.253 e. The van der Waals surface area contributed by atoms with Gasteiger partial charge in [0.2, 0.25) is 0 Å². The summed E-state index contributed by atoms with van der Waals surface area (Å²) in [6.45, 7) is 3.85. The quantitative estimate of drug-likeness (QED) is 0.778. The molecule has 1 atom stereocenters. The molecule has 0 heterocycles. The normalized spacial score (nSPS) is 11.6. The average Bonchev–Trinajstić information content (AvgIpc) is 2.28. The van der Waals surface area contributed by atoms with E-state index >= 15 is 0 Å². The van der Waals surface area contributed by atoms with Crippen LogP contribution in [0.25, 0.3) is 0 Å². The van der Waals surface area contributed by atoms with E-state index in [2.05, 4.69) is 6.07 Å². The number of amides is 1. The number of hydrogen-bond acceptors (Lipinski definition) is 2. The second-order valence-electron chi connectivity index (χ2n) is 3.99. The monoisotopic (exact) mass is 216 g/mol. The van der Waals surface area contributed by atoms with E-state index in [9.17, 15) is 4.79 Å². The van der Waals surface area contributed by atoms with Crippen LogP contribution < -0.4 is 0 Å². The van der Waals surface area contributed by atoms with Gasteiger partial charge in [-0.1, -0.05) is 17.7 Å². The molecule has 0 radical (unpaired) electrons. The second-order valence-corrected chi connectivity index (χ2v) is 3.99. The first-order chi connectivity index (χ1) is 7.56. The molecule has 84 valence electrons. The van der Waals surface area contributed by atoms with E-state index in [-0.39, 0.29) is 11.9 Å². The van der Waals surface area contributed by atoms with Gasteiger partial charge in [-0.3, -0.25) is 4.79 Å². The van der Waals surface area contributed by atoms with Gasteiger partial charge in [0.1, 0.15) is 0 Å². The van der Waals surface area contributed by atoms with Gasteiger partial charge in [-0.15, -0.1) is 0 Å². The Kier molecular flexibility index (Phi) is 4.07. The second kappa shape index (κ2) is 5.32. The summed E-state index contributed by atoms with van der Waals surface area (Å²) < 4.78 is 0. The van der Waals surface area contributed by atoms with E-state index in [1.807, 2.05) is 38.1 Å². The molecule has 0 spiro atoms. The standard InChI is InChI=1S/C13H16N2O/c1-10-4-6-12(7-5-10)13(16)15(3)11(2)8-9-14/h4-7,11H,8H2,1-3H3. The number of benzene rings is 1. The summed E-state index contributed by atoms with van der Waals surface area (Å²) in [6, 6.07) is 9.46. The number of aryl methyl sites for hydroxylation is 1. The van der Waals surface area contributed by atoms with Crippen molar-refractivity contribution in [3.8, 4) is 6.07 Å². The van der Waals surface area contributed by atoms with Crippen molar-refractivity contribution in [2.24, 2.45) is 0 Å². The Morgan fingerprint density at radius 3 is 2.50 bits per heavy atom. The highest BCUT2D eigenvalue weighted by Crippen LogP contribution is 2.09. The SMILES string of the molecule is Cc1ccc(C(=O)N(C)C(C)CC#N)cc1. The molecule has 0 aromatic heterocycles. The Balaban J connectivity index is 2.78. The minimum atomic E-state index is -0.0567. The lowest BCUT2D eigenvalue weighted by atomic mass is 10.1. The molecule has 16 heavy (non-hydrogen) atoms. The third-order valence-corrected chi connectivity index (χ3v) is 2.67. The van der Waals surface area contributed by atoms with Gasteiger partial charge < -0.3 is 4.90 Å². The predicted octanol–water partition coefficient (Wildman–Crippen LogP) is 2.37. The van der Waals surface area contributed by atoms with Crippen molar-refractivity contribution in [2.45, 2.75) is 26.3 Å². The number of nitriles is 1. The van der Waals surface area contributed by atoms with Crippen molar-refractivity contribution in [1.82, 2.24) is 4.90 Å². The molecule has 0 aliphatic heterocycles. The first kappa shape index (κ1) is 12.3. The molecule has 0 N–H and O–H groups in total. The van der Waals surface area contributed by atoms with Crippen LogP contribution in [0, 0.1) is 18.3 Å². The van der Waals surface area contributed by atoms with Crippen LogP contribution >= 0.6 is 0 Å².